The Bertz CT molecular complexity index is 673. The van der Waals surface area contributed by atoms with Crippen molar-refractivity contribution in [3.05, 3.63) is 29.8 Å². The summed E-state index contributed by atoms with van der Waals surface area (Å²) in [6.45, 7) is 9.71. The van der Waals surface area contributed by atoms with Crippen molar-refractivity contribution in [2.75, 3.05) is 26.5 Å². The van der Waals surface area contributed by atoms with Crippen LogP contribution in [0.3, 0.4) is 0 Å². The number of rotatable bonds is 8. The van der Waals surface area contributed by atoms with Crippen LogP contribution in [0.5, 0.6) is 0 Å². The van der Waals surface area contributed by atoms with Crippen molar-refractivity contribution < 1.29 is 13.9 Å². The van der Waals surface area contributed by atoms with E-state index in [1.807, 2.05) is 11.2 Å². The van der Waals surface area contributed by atoms with Crippen LogP contribution in [0.25, 0.3) is 0 Å². The molecule has 0 saturated carbocycles. The van der Waals surface area contributed by atoms with E-state index >= 15 is 0 Å². The number of hydrazone groups is 1. The summed E-state index contributed by atoms with van der Waals surface area (Å²) in [7, 11) is -1.09. The number of hydrogen-bond donors (Lipinski definition) is 0. The molecule has 3 unspecified atom stereocenters. The molecule has 4 atom stereocenters. The van der Waals surface area contributed by atoms with Gasteiger partial charge in [0.2, 0.25) is 0 Å². The first-order chi connectivity index (χ1) is 13.3. The van der Waals surface area contributed by atoms with Gasteiger partial charge in [0.25, 0.3) is 0 Å². The molecule has 0 bridgehead atoms. The molecule has 1 fully saturated rings. The Hall–Kier alpha value is -0.833. The number of nitrogens with zero attached hydrogens (tertiary/aromatic N) is 3. The Morgan fingerprint density at radius 2 is 2.25 bits per heavy atom. The van der Waals surface area contributed by atoms with Gasteiger partial charge < -0.3 is 9.47 Å². The van der Waals surface area contributed by atoms with Crippen LogP contribution in [0.1, 0.15) is 24.5 Å². The maximum absolute atomic E-state index is 14.6. The zero-order valence-electron chi connectivity index (χ0n) is 17.0. The highest BCUT2D eigenvalue weighted by Crippen LogP contribution is 2.41. The fourth-order valence-electron chi connectivity index (χ4n) is 3.87. The molecule has 0 aromatic carbocycles. The lowest BCUT2D eigenvalue weighted by atomic mass is 9.76. The highest BCUT2D eigenvalue weighted by atomic mass is 79.9. The molecule has 0 aliphatic carbocycles. The average molecular weight is 472 g/mol. The summed E-state index contributed by atoms with van der Waals surface area (Å²) in [5.74, 6) is 0.170. The highest BCUT2D eigenvalue weighted by Gasteiger charge is 2.38. The van der Waals surface area contributed by atoms with Crippen LogP contribution in [0.4, 0.5) is 4.39 Å². The predicted octanol–water partition coefficient (Wildman–Crippen LogP) is 4.68. The molecule has 0 N–H and O–H groups in total. The van der Waals surface area contributed by atoms with E-state index in [1.165, 1.54) is 6.07 Å². The van der Waals surface area contributed by atoms with Crippen molar-refractivity contribution >= 4 is 30.2 Å². The zero-order valence-corrected chi connectivity index (χ0v) is 19.6. The molecule has 28 heavy (non-hydrogen) atoms. The van der Waals surface area contributed by atoms with Gasteiger partial charge in [0, 0.05) is 52.1 Å². The summed E-state index contributed by atoms with van der Waals surface area (Å²) in [4.78, 5) is 4.41. The highest BCUT2D eigenvalue weighted by molar-refractivity contribution is 9.09. The predicted molar refractivity (Wildman–Crippen MR) is 116 cm³/mol. The van der Waals surface area contributed by atoms with Crippen molar-refractivity contribution in [3.63, 3.8) is 0 Å². The van der Waals surface area contributed by atoms with Crippen LogP contribution in [-0.4, -0.2) is 55.8 Å². The van der Waals surface area contributed by atoms with Crippen molar-refractivity contribution in [2.24, 2.45) is 16.9 Å². The summed E-state index contributed by atoms with van der Waals surface area (Å²) >= 11 is 3.57. The lowest BCUT2D eigenvalue weighted by molar-refractivity contribution is 0.0239. The molecule has 8 heteroatoms. The molecule has 2 aliphatic rings. The minimum Gasteiger partial charge on any atom is -0.367 e. The first kappa shape index (κ1) is 21.9. The molecule has 3 heterocycles. The van der Waals surface area contributed by atoms with Crippen LogP contribution in [-0.2, 0) is 9.47 Å². The Labute approximate surface area is 176 Å². The van der Waals surface area contributed by atoms with Crippen LogP contribution >= 0.6 is 15.9 Å². The molecular weight excluding hydrogens is 441 g/mol. The van der Waals surface area contributed by atoms with Crippen molar-refractivity contribution in [2.45, 2.75) is 49.5 Å². The molecule has 5 nitrogen and oxygen atoms in total. The molecule has 0 amide bonds. The fourth-order valence-corrected chi connectivity index (χ4v) is 5.30. The second-order valence-electron chi connectivity index (χ2n) is 8.93. The van der Waals surface area contributed by atoms with E-state index in [0.717, 1.165) is 32.0 Å². The molecule has 3 rings (SSSR count). The smallest absolute Gasteiger partial charge is 0.145 e. The van der Waals surface area contributed by atoms with Crippen LogP contribution in [0, 0.1) is 17.7 Å². The summed E-state index contributed by atoms with van der Waals surface area (Å²) in [6, 6.07) is 4.29. The Balaban J connectivity index is 1.65. The second-order valence-corrected chi connectivity index (χ2v) is 15.6. The van der Waals surface area contributed by atoms with E-state index in [4.69, 9.17) is 9.47 Å². The number of alkyl halides is 1. The number of halogens is 2. The largest absolute Gasteiger partial charge is 0.367 e. The minimum absolute atomic E-state index is 0.0131. The first-order valence-electron chi connectivity index (χ1n) is 10.1. The number of ether oxygens (including phenoxy) is 2. The van der Waals surface area contributed by atoms with Crippen LogP contribution < -0.4 is 0 Å². The Morgan fingerprint density at radius 1 is 1.43 bits per heavy atom. The molecule has 1 aromatic heterocycles. The maximum Gasteiger partial charge on any atom is 0.145 e. The van der Waals surface area contributed by atoms with Crippen LogP contribution in [0.2, 0.25) is 25.7 Å². The van der Waals surface area contributed by atoms with Gasteiger partial charge in [-0.15, -0.1) is 0 Å². The lowest BCUT2D eigenvalue weighted by Gasteiger charge is -2.35. The van der Waals surface area contributed by atoms with Gasteiger partial charge in [-0.25, -0.2) is 4.39 Å². The van der Waals surface area contributed by atoms with Gasteiger partial charge in [-0.3, -0.25) is 9.99 Å². The first-order valence-corrected chi connectivity index (χ1v) is 14.7. The summed E-state index contributed by atoms with van der Waals surface area (Å²) in [5, 5.41) is 6.51. The summed E-state index contributed by atoms with van der Waals surface area (Å²) < 4.78 is 26.1. The average Bonchev–Trinajstić information content (AvgIpc) is 3.08. The molecule has 1 saturated heterocycles. The van der Waals surface area contributed by atoms with Gasteiger partial charge in [0.05, 0.1) is 5.69 Å². The molecule has 156 valence electrons. The van der Waals surface area contributed by atoms with Gasteiger partial charge in [-0.1, -0.05) is 35.6 Å². The zero-order chi connectivity index (χ0) is 20.1. The molecule has 2 aliphatic heterocycles. The third-order valence-electron chi connectivity index (χ3n) is 5.43. The third-order valence-corrected chi connectivity index (χ3v) is 7.77. The number of aromatic nitrogens is 1. The van der Waals surface area contributed by atoms with E-state index in [0.29, 0.717) is 24.9 Å². The number of pyridine rings is 1. The van der Waals surface area contributed by atoms with E-state index in [-0.39, 0.29) is 22.7 Å². The Kier molecular flexibility index (Phi) is 7.64. The summed E-state index contributed by atoms with van der Waals surface area (Å²) in [6.07, 6.45) is 5.39. The molecular formula is C20H31BrFN3O2Si. The lowest BCUT2D eigenvalue weighted by Crippen LogP contribution is -2.34. The van der Waals surface area contributed by atoms with Crippen LogP contribution in [0.15, 0.2) is 23.4 Å². The quantitative estimate of drug-likeness (QED) is 0.313. The van der Waals surface area contributed by atoms with E-state index in [2.05, 4.69) is 45.7 Å². The fraction of sp³-hybridized carbons (Fsp3) is 0.700. The molecule has 0 spiro atoms. The van der Waals surface area contributed by atoms with E-state index in [1.54, 1.807) is 12.3 Å². The van der Waals surface area contributed by atoms with Crippen molar-refractivity contribution in [1.29, 1.82) is 0 Å². The normalized spacial score (nSPS) is 26.6. The molecule has 0 radical (unpaired) electrons. The van der Waals surface area contributed by atoms with Gasteiger partial charge in [-0.05, 0) is 36.9 Å². The monoisotopic (exact) mass is 471 g/mol. The standard InChI is InChI=1S/C20H31BrFN3O2Si/c1-28(2,3)10-9-26-14-25-13-16(12-24-25)19(15-6-8-27-18(21)11-15)20-17(22)5-4-7-23-20/h4-5,7,12,15-16,18-19H,6,8-11,13-14H2,1-3H3/t15?,16-,18?,19?/m1/s1. The van der Waals surface area contributed by atoms with E-state index < -0.39 is 8.07 Å². The van der Waals surface area contributed by atoms with Crippen molar-refractivity contribution in [3.8, 4) is 0 Å². The second kappa shape index (κ2) is 9.78. The third kappa shape index (κ3) is 6.08. The SMILES string of the molecule is C[Si](C)(C)CCOCN1C[C@H](C(c2ncccc2F)C2CCOC(Br)C2)C=N1. The van der Waals surface area contributed by atoms with Gasteiger partial charge in [0.1, 0.15) is 17.6 Å². The van der Waals surface area contributed by atoms with Gasteiger partial charge >= 0.3 is 0 Å². The van der Waals surface area contributed by atoms with Crippen molar-refractivity contribution in [1.82, 2.24) is 9.99 Å². The topological polar surface area (TPSA) is 47.0 Å². The number of hydrogen-bond acceptors (Lipinski definition) is 5. The minimum atomic E-state index is -1.09. The van der Waals surface area contributed by atoms with Gasteiger partial charge in [-0.2, -0.15) is 5.10 Å². The Morgan fingerprint density at radius 3 is 2.96 bits per heavy atom. The maximum atomic E-state index is 14.6. The van der Waals surface area contributed by atoms with Gasteiger partial charge in [0.15, 0.2) is 0 Å². The summed E-state index contributed by atoms with van der Waals surface area (Å²) in [5.41, 5.74) is 0.548. The molecule has 1 aromatic rings. The van der Waals surface area contributed by atoms with E-state index in [9.17, 15) is 4.39 Å².